The average molecular weight is 275 g/mol. The Morgan fingerprint density at radius 2 is 2.07 bits per heavy atom. The van der Waals surface area contributed by atoms with E-state index in [1.165, 1.54) is 0 Å². The Kier molecular flexibility index (Phi) is 5.22. The van der Waals surface area contributed by atoms with Crippen molar-refractivity contribution in [2.45, 2.75) is 6.10 Å². The van der Waals surface area contributed by atoms with E-state index >= 15 is 0 Å². The first-order valence-corrected chi connectivity index (χ1v) is 6.31. The Hall–Kier alpha value is -0.320. The molecule has 0 amide bonds. The molecule has 0 saturated carbocycles. The van der Waals surface area contributed by atoms with Crippen molar-refractivity contribution < 1.29 is 9.90 Å². The molecule has 1 aromatic rings. The van der Waals surface area contributed by atoms with E-state index in [4.69, 9.17) is 0 Å². The fraction of sp³-hybridized carbons (Fsp3) is 0.300. The van der Waals surface area contributed by atoms with Gasteiger partial charge in [0.05, 0.1) is 6.10 Å². The highest BCUT2D eigenvalue weighted by atomic mass is 79.9. The SMILES string of the molecule is O=C(SCC(O)CBr)c1ccccc1. The van der Waals surface area contributed by atoms with Gasteiger partial charge in [-0.15, -0.1) is 0 Å². The van der Waals surface area contributed by atoms with Crippen LogP contribution in [0.2, 0.25) is 0 Å². The molecule has 1 N–H and O–H groups in total. The lowest BCUT2D eigenvalue weighted by atomic mass is 10.2. The lowest BCUT2D eigenvalue weighted by molar-refractivity contribution is 0.108. The summed E-state index contributed by atoms with van der Waals surface area (Å²) in [6.07, 6.45) is -0.465. The van der Waals surface area contributed by atoms with Crippen LogP contribution >= 0.6 is 27.7 Å². The van der Waals surface area contributed by atoms with E-state index in [1.807, 2.05) is 18.2 Å². The zero-order valence-electron chi connectivity index (χ0n) is 7.52. The Balaban J connectivity index is 2.44. The normalized spacial score (nSPS) is 12.4. The van der Waals surface area contributed by atoms with Crippen molar-refractivity contribution in [1.82, 2.24) is 0 Å². The van der Waals surface area contributed by atoms with Crippen LogP contribution in [0.3, 0.4) is 0 Å². The van der Waals surface area contributed by atoms with Crippen molar-refractivity contribution in [3.05, 3.63) is 35.9 Å². The number of rotatable bonds is 4. The summed E-state index contributed by atoms with van der Waals surface area (Å²) in [5, 5.41) is 9.74. The Morgan fingerprint density at radius 1 is 1.43 bits per heavy atom. The summed E-state index contributed by atoms with van der Waals surface area (Å²) in [5.74, 6) is 0.430. The van der Waals surface area contributed by atoms with E-state index in [0.29, 0.717) is 16.6 Å². The number of thioether (sulfide) groups is 1. The number of hydrogen-bond acceptors (Lipinski definition) is 3. The predicted octanol–water partition coefficient (Wildman–Crippen LogP) is 2.32. The molecular weight excluding hydrogens is 264 g/mol. The fourth-order valence-electron chi connectivity index (χ4n) is 0.874. The number of aliphatic hydroxyl groups is 1. The monoisotopic (exact) mass is 274 g/mol. The third-order valence-corrected chi connectivity index (χ3v) is 3.39. The van der Waals surface area contributed by atoms with Gasteiger partial charge in [0.25, 0.3) is 0 Å². The molecule has 76 valence electrons. The minimum Gasteiger partial charge on any atom is -0.391 e. The number of hydrogen-bond donors (Lipinski definition) is 1. The van der Waals surface area contributed by atoms with Gasteiger partial charge in [-0.05, 0) is 0 Å². The number of halogens is 1. The first-order valence-electron chi connectivity index (χ1n) is 4.20. The Morgan fingerprint density at radius 3 is 2.64 bits per heavy atom. The lowest BCUT2D eigenvalue weighted by Gasteiger charge is -2.04. The third-order valence-electron chi connectivity index (χ3n) is 1.59. The van der Waals surface area contributed by atoms with E-state index in [2.05, 4.69) is 15.9 Å². The number of carbonyl (C=O) groups is 1. The molecule has 0 saturated heterocycles. The van der Waals surface area contributed by atoms with E-state index in [1.54, 1.807) is 12.1 Å². The van der Waals surface area contributed by atoms with Gasteiger partial charge >= 0.3 is 0 Å². The summed E-state index contributed by atoms with van der Waals surface area (Å²) in [5.41, 5.74) is 0.680. The molecule has 14 heavy (non-hydrogen) atoms. The molecule has 2 nitrogen and oxygen atoms in total. The van der Waals surface area contributed by atoms with Crippen molar-refractivity contribution in [2.75, 3.05) is 11.1 Å². The topological polar surface area (TPSA) is 37.3 Å². The van der Waals surface area contributed by atoms with E-state index in [-0.39, 0.29) is 5.12 Å². The van der Waals surface area contributed by atoms with Crippen LogP contribution in [0.1, 0.15) is 10.4 Å². The molecule has 0 aliphatic heterocycles. The molecule has 0 spiro atoms. The van der Waals surface area contributed by atoms with Gasteiger partial charge in [0.1, 0.15) is 0 Å². The van der Waals surface area contributed by atoms with E-state index in [0.717, 1.165) is 11.8 Å². The molecule has 0 bridgehead atoms. The summed E-state index contributed by atoms with van der Waals surface area (Å²) < 4.78 is 0. The molecule has 0 aliphatic carbocycles. The van der Waals surface area contributed by atoms with Crippen LogP contribution in [0.4, 0.5) is 0 Å². The van der Waals surface area contributed by atoms with Crippen LogP contribution in [0, 0.1) is 0 Å². The Labute approximate surface area is 95.8 Å². The maximum absolute atomic E-state index is 11.5. The summed E-state index contributed by atoms with van der Waals surface area (Å²) >= 11 is 4.29. The van der Waals surface area contributed by atoms with Gasteiger partial charge in [0.2, 0.25) is 5.12 Å². The van der Waals surface area contributed by atoms with Gasteiger partial charge in [-0.3, -0.25) is 4.79 Å². The standard InChI is InChI=1S/C10H11BrO2S/c11-6-9(12)7-14-10(13)8-4-2-1-3-5-8/h1-5,9,12H,6-7H2. The van der Waals surface area contributed by atoms with Crippen LogP contribution in [-0.4, -0.2) is 27.4 Å². The smallest absolute Gasteiger partial charge is 0.219 e. The first kappa shape index (κ1) is 11.8. The number of carbonyl (C=O) groups excluding carboxylic acids is 1. The van der Waals surface area contributed by atoms with Gasteiger partial charge in [0, 0.05) is 16.6 Å². The third kappa shape index (κ3) is 3.82. The molecule has 0 fully saturated rings. The van der Waals surface area contributed by atoms with Gasteiger partial charge in [-0.1, -0.05) is 58.0 Å². The van der Waals surface area contributed by atoms with Gasteiger partial charge in [-0.2, -0.15) is 0 Å². The summed E-state index contributed by atoms with van der Waals surface area (Å²) in [6.45, 7) is 0. The quantitative estimate of drug-likeness (QED) is 0.857. The van der Waals surface area contributed by atoms with Crippen LogP contribution < -0.4 is 0 Å². The Bertz CT molecular complexity index is 289. The molecule has 0 aliphatic rings. The largest absolute Gasteiger partial charge is 0.391 e. The van der Waals surface area contributed by atoms with Crippen molar-refractivity contribution in [3.63, 3.8) is 0 Å². The molecule has 4 heteroatoms. The number of alkyl halides is 1. The van der Waals surface area contributed by atoms with Crippen molar-refractivity contribution >= 4 is 32.8 Å². The van der Waals surface area contributed by atoms with Crippen LogP contribution in [0.5, 0.6) is 0 Å². The highest BCUT2D eigenvalue weighted by Gasteiger charge is 2.08. The molecule has 0 aromatic heterocycles. The second-order valence-electron chi connectivity index (χ2n) is 2.77. The van der Waals surface area contributed by atoms with E-state index < -0.39 is 6.10 Å². The second-order valence-corrected chi connectivity index (χ2v) is 4.41. The van der Waals surface area contributed by atoms with Crippen LogP contribution in [-0.2, 0) is 0 Å². The number of benzene rings is 1. The maximum Gasteiger partial charge on any atom is 0.219 e. The predicted molar refractivity (Wildman–Crippen MR) is 63.0 cm³/mol. The highest BCUT2D eigenvalue weighted by Crippen LogP contribution is 2.13. The average Bonchev–Trinajstić information content (AvgIpc) is 2.26. The molecule has 1 aromatic carbocycles. The summed E-state index contributed by atoms with van der Waals surface area (Å²) in [6, 6.07) is 9.07. The first-order chi connectivity index (χ1) is 6.74. The molecule has 0 radical (unpaired) electrons. The lowest BCUT2D eigenvalue weighted by Crippen LogP contribution is -2.12. The second kappa shape index (κ2) is 6.22. The van der Waals surface area contributed by atoms with Crippen molar-refractivity contribution in [2.24, 2.45) is 0 Å². The van der Waals surface area contributed by atoms with Crippen molar-refractivity contribution in [3.8, 4) is 0 Å². The number of aliphatic hydroxyl groups excluding tert-OH is 1. The maximum atomic E-state index is 11.5. The van der Waals surface area contributed by atoms with E-state index in [9.17, 15) is 9.90 Å². The minimum absolute atomic E-state index is 0.00519. The summed E-state index contributed by atoms with van der Waals surface area (Å²) in [7, 11) is 0. The van der Waals surface area contributed by atoms with Crippen LogP contribution in [0.15, 0.2) is 30.3 Å². The molecule has 1 unspecified atom stereocenters. The van der Waals surface area contributed by atoms with Crippen molar-refractivity contribution in [1.29, 1.82) is 0 Å². The molecule has 1 atom stereocenters. The van der Waals surface area contributed by atoms with Crippen LogP contribution in [0.25, 0.3) is 0 Å². The fourth-order valence-corrected chi connectivity index (χ4v) is 2.17. The zero-order valence-corrected chi connectivity index (χ0v) is 9.92. The summed E-state index contributed by atoms with van der Waals surface area (Å²) in [4.78, 5) is 11.5. The highest BCUT2D eigenvalue weighted by molar-refractivity contribution is 9.09. The molecule has 0 heterocycles. The minimum atomic E-state index is -0.465. The van der Waals surface area contributed by atoms with Gasteiger partial charge in [0.15, 0.2) is 0 Å². The van der Waals surface area contributed by atoms with Gasteiger partial charge in [-0.25, -0.2) is 0 Å². The molecular formula is C10H11BrO2S. The zero-order chi connectivity index (χ0) is 10.4. The molecule has 1 rings (SSSR count). The van der Waals surface area contributed by atoms with Gasteiger partial charge < -0.3 is 5.11 Å².